The van der Waals surface area contributed by atoms with Gasteiger partial charge in [-0.1, -0.05) is 314 Å². The third kappa shape index (κ3) is 58.5. The highest BCUT2D eigenvalue weighted by Crippen LogP contribution is 2.18. The Morgan fingerprint density at radius 1 is 0.292 bits per heavy atom. The first-order chi connectivity index (χ1) is 35.5. The van der Waals surface area contributed by atoms with E-state index < -0.39 is 6.10 Å². The van der Waals surface area contributed by atoms with E-state index in [2.05, 4.69) is 57.2 Å². The Labute approximate surface area is 448 Å². The van der Waals surface area contributed by atoms with E-state index in [1.54, 1.807) is 0 Å². The Morgan fingerprint density at radius 2 is 0.542 bits per heavy atom. The monoisotopic (exact) mass is 1010 g/mol. The third-order valence-electron chi connectivity index (χ3n) is 14.4. The number of rotatable bonds is 59. The van der Waals surface area contributed by atoms with E-state index in [0.29, 0.717) is 19.3 Å². The molecule has 0 aromatic rings. The molecule has 0 N–H and O–H groups in total. The van der Waals surface area contributed by atoms with E-state index in [1.807, 2.05) is 0 Å². The van der Waals surface area contributed by atoms with Crippen molar-refractivity contribution in [1.82, 2.24) is 0 Å². The number of carbonyl (C=O) groups is 3. The maximum Gasteiger partial charge on any atom is 0.306 e. The van der Waals surface area contributed by atoms with E-state index in [9.17, 15) is 14.4 Å². The summed E-state index contributed by atoms with van der Waals surface area (Å²) in [5, 5.41) is 0. The number of ether oxygens (including phenoxy) is 3. The molecule has 0 aromatic carbocycles. The van der Waals surface area contributed by atoms with Gasteiger partial charge in [0.2, 0.25) is 0 Å². The molecule has 0 bridgehead atoms. The van der Waals surface area contributed by atoms with Gasteiger partial charge >= 0.3 is 17.9 Å². The van der Waals surface area contributed by atoms with Crippen molar-refractivity contribution < 1.29 is 28.6 Å². The molecule has 0 aliphatic carbocycles. The van der Waals surface area contributed by atoms with Gasteiger partial charge in [-0.3, -0.25) is 14.4 Å². The van der Waals surface area contributed by atoms with E-state index >= 15 is 0 Å². The van der Waals surface area contributed by atoms with Crippen LogP contribution < -0.4 is 0 Å². The summed E-state index contributed by atoms with van der Waals surface area (Å²) in [6, 6.07) is 0. The Bertz CT molecular complexity index is 1210. The summed E-state index contributed by atoms with van der Waals surface area (Å²) in [4.78, 5) is 38.3. The lowest BCUT2D eigenvalue weighted by Gasteiger charge is -2.18. The molecular formula is C66H122O6. The number of carbonyl (C=O) groups excluding carboxylic acids is 3. The fourth-order valence-corrected chi connectivity index (χ4v) is 9.64. The number of hydrogen-bond acceptors (Lipinski definition) is 6. The van der Waals surface area contributed by atoms with Crippen LogP contribution in [0.3, 0.4) is 0 Å². The molecule has 0 radical (unpaired) electrons. The van der Waals surface area contributed by atoms with Crippen molar-refractivity contribution in [3.63, 3.8) is 0 Å². The number of esters is 3. The highest BCUT2D eigenvalue weighted by Gasteiger charge is 2.19. The van der Waals surface area contributed by atoms with Gasteiger partial charge in [-0.25, -0.2) is 0 Å². The van der Waals surface area contributed by atoms with Crippen LogP contribution in [0.2, 0.25) is 0 Å². The fourth-order valence-electron chi connectivity index (χ4n) is 9.64. The van der Waals surface area contributed by atoms with Gasteiger partial charge in [0.25, 0.3) is 0 Å². The average Bonchev–Trinajstić information content (AvgIpc) is 3.38. The van der Waals surface area contributed by atoms with Gasteiger partial charge in [-0.05, 0) is 51.4 Å². The predicted octanol–water partition coefficient (Wildman–Crippen LogP) is 21.6. The van der Waals surface area contributed by atoms with Crippen LogP contribution in [-0.2, 0) is 28.6 Å². The van der Waals surface area contributed by atoms with Crippen LogP contribution in [0.1, 0.15) is 348 Å². The highest BCUT2D eigenvalue weighted by atomic mass is 16.6. The molecule has 0 aromatic heterocycles. The van der Waals surface area contributed by atoms with Gasteiger partial charge in [-0.15, -0.1) is 0 Å². The second kappa shape index (κ2) is 61.2. The molecule has 0 rings (SSSR count). The van der Waals surface area contributed by atoms with Crippen LogP contribution in [-0.4, -0.2) is 37.2 Å². The quantitative estimate of drug-likeness (QED) is 0.0261. The first kappa shape index (κ1) is 69.6. The molecule has 0 aliphatic heterocycles. The largest absolute Gasteiger partial charge is 0.462 e. The standard InChI is InChI=1S/C66H122O6/c1-4-7-10-13-16-19-22-25-28-31-33-36-38-41-44-47-50-53-56-59-65(68)71-62-63(61-70-64(67)58-55-52-49-46-43-40-37-34-30-27-24-21-18-15-12-9-6-3)72-66(69)60-57-54-51-48-45-42-39-35-32-29-26-23-20-17-14-11-8-5-2/h9,12,18,21,27,30,63H,4-8,10-11,13-17,19-20,22-26,28-29,31-62H2,1-3H3/b12-9-,21-18-,30-27-. The molecule has 0 heterocycles. The average molecular weight is 1010 g/mol. The van der Waals surface area contributed by atoms with Crippen LogP contribution in [0.15, 0.2) is 36.5 Å². The highest BCUT2D eigenvalue weighted by molar-refractivity contribution is 5.71. The smallest absolute Gasteiger partial charge is 0.306 e. The maximum absolute atomic E-state index is 12.9. The van der Waals surface area contributed by atoms with Crippen molar-refractivity contribution in [3.05, 3.63) is 36.5 Å². The zero-order chi connectivity index (χ0) is 52.2. The van der Waals surface area contributed by atoms with E-state index in [-0.39, 0.29) is 31.1 Å². The third-order valence-corrected chi connectivity index (χ3v) is 14.4. The Hall–Kier alpha value is -2.37. The molecule has 0 saturated carbocycles. The molecule has 0 saturated heterocycles. The summed E-state index contributed by atoms with van der Waals surface area (Å²) >= 11 is 0. The van der Waals surface area contributed by atoms with Crippen LogP contribution in [0, 0.1) is 0 Å². The summed E-state index contributed by atoms with van der Waals surface area (Å²) in [5.41, 5.74) is 0. The molecule has 72 heavy (non-hydrogen) atoms. The molecule has 1 atom stereocenters. The first-order valence-corrected chi connectivity index (χ1v) is 32.0. The Balaban J connectivity index is 4.32. The van der Waals surface area contributed by atoms with Gasteiger partial charge in [0, 0.05) is 19.3 Å². The van der Waals surface area contributed by atoms with Crippen molar-refractivity contribution in [1.29, 1.82) is 0 Å². The number of hydrogen-bond donors (Lipinski definition) is 0. The summed E-state index contributed by atoms with van der Waals surface area (Å²) in [6.45, 7) is 6.59. The normalized spacial score (nSPS) is 12.2. The molecule has 0 fully saturated rings. The Morgan fingerprint density at radius 3 is 0.847 bits per heavy atom. The fraction of sp³-hybridized carbons (Fsp3) is 0.864. The topological polar surface area (TPSA) is 78.9 Å². The predicted molar refractivity (Wildman–Crippen MR) is 312 cm³/mol. The maximum atomic E-state index is 12.9. The molecule has 0 amide bonds. The molecule has 1 unspecified atom stereocenters. The molecule has 6 nitrogen and oxygen atoms in total. The van der Waals surface area contributed by atoms with Crippen molar-refractivity contribution in [3.8, 4) is 0 Å². The minimum atomic E-state index is -0.773. The van der Waals surface area contributed by atoms with Crippen molar-refractivity contribution in [2.75, 3.05) is 13.2 Å². The van der Waals surface area contributed by atoms with Gasteiger partial charge in [-0.2, -0.15) is 0 Å². The van der Waals surface area contributed by atoms with Gasteiger partial charge in [0.1, 0.15) is 13.2 Å². The first-order valence-electron chi connectivity index (χ1n) is 32.0. The zero-order valence-corrected chi connectivity index (χ0v) is 48.5. The zero-order valence-electron chi connectivity index (χ0n) is 48.5. The summed E-state index contributed by atoms with van der Waals surface area (Å²) in [5.74, 6) is -0.853. The lowest BCUT2D eigenvalue weighted by Crippen LogP contribution is -2.30. The minimum absolute atomic E-state index is 0.0696. The van der Waals surface area contributed by atoms with Gasteiger partial charge in [0.05, 0.1) is 0 Å². The SMILES string of the molecule is CC/C=C\C/C=C\C/C=C\CCCCCCCCCC(=O)OCC(COC(=O)CCCCCCCCCCCCCCCCCCCCC)OC(=O)CCCCCCCCCCCCCCCCCCCC. The summed E-state index contributed by atoms with van der Waals surface area (Å²) < 4.78 is 17.0. The molecule has 0 aliphatic rings. The lowest BCUT2D eigenvalue weighted by atomic mass is 10.0. The van der Waals surface area contributed by atoms with Crippen LogP contribution in [0.5, 0.6) is 0 Å². The van der Waals surface area contributed by atoms with E-state index in [1.165, 1.54) is 225 Å². The second-order valence-corrected chi connectivity index (χ2v) is 21.7. The number of allylic oxidation sites excluding steroid dienone is 6. The Kier molecular flexibility index (Phi) is 59.2. The molecule has 0 spiro atoms. The van der Waals surface area contributed by atoms with E-state index in [0.717, 1.165) is 83.5 Å². The lowest BCUT2D eigenvalue weighted by molar-refractivity contribution is -0.167. The van der Waals surface area contributed by atoms with Crippen molar-refractivity contribution >= 4 is 17.9 Å². The molecule has 422 valence electrons. The van der Waals surface area contributed by atoms with Crippen molar-refractivity contribution in [2.24, 2.45) is 0 Å². The van der Waals surface area contributed by atoms with Gasteiger partial charge < -0.3 is 14.2 Å². The summed E-state index contributed by atoms with van der Waals surface area (Å²) in [6.07, 6.45) is 74.3. The van der Waals surface area contributed by atoms with E-state index in [4.69, 9.17) is 14.2 Å². The molecular weight excluding hydrogens is 889 g/mol. The molecule has 6 heteroatoms. The number of unbranched alkanes of at least 4 members (excludes halogenated alkanes) is 42. The van der Waals surface area contributed by atoms with Crippen LogP contribution >= 0.6 is 0 Å². The summed E-state index contributed by atoms with van der Waals surface area (Å²) in [7, 11) is 0. The van der Waals surface area contributed by atoms with Gasteiger partial charge in [0.15, 0.2) is 6.10 Å². The van der Waals surface area contributed by atoms with Crippen LogP contribution in [0.4, 0.5) is 0 Å². The van der Waals surface area contributed by atoms with Crippen LogP contribution in [0.25, 0.3) is 0 Å². The second-order valence-electron chi connectivity index (χ2n) is 21.7. The van der Waals surface area contributed by atoms with Crippen molar-refractivity contribution in [2.45, 2.75) is 354 Å². The minimum Gasteiger partial charge on any atom is -0.462 e.